The summed E-state index contributed by atoms with van der Waals surface area (Å²) in [6.45, 7) is 9.80. The molecule has 2 aromatic carbocycles. The number of methoxy groups -OCH3 is 1. The van der Waals surface area contributed by atoms with Gasteiger partial charge in [0, 0.05) is 41.7 Å². The molecule has 0 spiro atoms. The highest BCUT2D eigenvalue weighted by Crippen LogP contribution is 2.45. The van der Waals surface area contributed by atoms with Crippen LogP contribution in [0.1, 0.15) is 51.2 Å². The highest BCUT2D eigenvalue weighted by Gasteiger charge is 2.36. The van der Waals surface area contributed by atoms with E-state index < -0.39 is 11.6 Å². The van der Waals surface area contributed by atoms with Gasteiger partial charge in [-0.3, -0.25) is 4.99 Å². The summed E-state index contributed by atoms with van der Waals surface area (Å²) in [5, 5.41) is 0. The molecule has 0 amide bonds. The van der Waals surface area contributed by atoms with E-state index in [1.54, 1.807) is 13.3 Å². The van der Waals surface area contributed by atoms with Gasteiger partial charge in [-0.15, -0.1) is 0 Å². The van der Waals surface area contributed by atoms with Crippen molar-refractivity contribution in [1.82, 2.24) is 0 Å². The Balaban J connectivity index is 2.05. The number of halogens is 2. The van der Waals surface area contributed by atoms with E-state index >= 15 is 0 Å². The van der Waals surface area contributed by atoms with Crippen molar-refractivity contribution in [3.63, 3.8) is 0 Å². The van der Waals surface area contributed by atoms with Crippen LogP contribution in [0.25, 0.3) is 0 Å². The van der Waals surface area contributed by atoms with Crippen LogP contribution in [0.15, 0.2) is 35.3 Å². The molecule has 0 saturated heterocycles. The van der Waals surface area contributed by atoms with Crippen LogP contribution >= 0.6 is 0 Å². The van der Waals surface area contributed by atoms with Crippen molar-refractivity contribution >= 4 is 17.6 Å². The van der Waals surface area contributed by atoms with Gasteiger partial charge in [-0.05, 0) is 56.9 Å². The van der Waals surface area contributed by atoms with E-state index in [0.717, 1.165) is 24.6 Å². The maximum absolute atomic E-state index is 13.9. The highest BCUT2D eigenvalue weighted by molar-refractivity contribution is 5.87. The summed E-state index contributed by atoms with van der Waals surface area (Å²) in [5.41, 5.74) is 3.35. The quantitative estimate of drug-likeness (QED) is 0.630. The molecule has 1 atom stereocenters. The van der Waals surface area contributed by atoms with Crippen LogP contribution in [0.2, 0.25) is 0 Å². The molecule has 1 aliphatic heterocycles. The van der Waals surface area contributed by atoms with Crippen LogP contribution < -0.4 is 9.64 Å². The molecule has 0 N–H and O–H groups in total. The van der Waals surface area contributed by atoms with E-state index in [4.69, 9.17) is 4.74 Å². The molecular weight excluding hydrogens is 346 g/mol. The number of ether oxygens (including phenoxy) is 1. The third-order valence-electron chi connectivity index (χ3n) is 5.31. The average molecular weight is 372 g/mol. The molecule has 0 fully saturated rings. The fourth-order valence-electron chi connectivity index (χ4n) is 4.13. The molecule has 0 aliphatic carbocycles. The van der Waals surface area contributed by atoms with Crippen LogP contribution in [0.3, 0.4) is 0 Å². The topological polar surface area (TPSA) is 24.8 Å². The lowest BCUT2D eigenvalue weighted by molar-refractivity contribution is 0.377. The van der Waals surface area contributed by atoms with Gasteiger partial charge in [0.05, 0.1) is 12.8 Å². The standard InChI is InChI=1S/C22H26F2N2O/c1-6-26-20-11-21(27-5)15(9-17(20)14(2)12-22(26,3)4)13-25-19-8-7-16(23)10-18(19)24/h7-11,13-14H,6,12H2,1-5H3. The first-order valence-corrected chi connectivity index (χ1v) is 9.25. The maximum atomic E-state index is 13.9. The smallest absolute Gasteiger partial charge is 0.151 e. The molecule has 0 bridgehead atoms. The average Bonchev–Trinajstić information content (AvgIpc) is 2.60. The van der Waals surface area contributed by atoms with Crippen molar-refractivity contribution < 1.29 is 13.5 Å². The van der Waals surface area contributed by atoms with Crippen LogP contribution in [0.4, 0.5) is 20.2 Å². The Morgan fingerprint density at radius 1 is 1.26 bits per heavy atom. The Bertz CT molecular complexity index is 877. The van der Waals surface area contributed by atoms with Crippen molar-refractivity contribution in [3.05, 3.63) is 53.1 Å². The fourth-order valence-corrected chi connectivity index (χ4v) is 4.13. The zero-order valence-electron chi connectivity index (χ0n) is 16.5. The summed E-state index contributed by atoms with van der Waals surface area (Å²) in [6.07, 6.45) is 2.63. The summed E-state index contributed by atoms with van der Waals surface area (Å²) in [4.78, 5) is 6.60. The zero-order chi connectivity index (χ0) is 19.8. The predicted molar refractivity (Wildman–Crippen MR) is 107 cm³/mol. The Hall–Kier alpha value is -2.43. The molecule has 3 rings (SSSR count). The molecule has 1 aliphatic rings. The Labute approximate surface area is 159 Å². The second-order valence-corrected chi connectivity index (χ2v) is 7.67. The summed E-state index contributed by atoms with van der Waals surface area (Å²) in [6, 6.07) is 7.47. The molecule has 0 saturated carbocycles. The van der Waals surface area contributed by atoms with E-state index in [2.05, 4.69) is 43.7 Å². The zero-order valence-corrected chi connectivity index (χ0v) is 16.5. The molecule has 5 heteroatoms. The van der Waals surface area contributed by atoms with Crippen molar-refractivity contribution in [3.8, 4) is 5.75 Å². The van der Waals surface area contributed by atoms with Gasteiger partial charge >= 0.3 is 0 Å². The summed E-state index contributed by atoms with van der Waals surface area (Å²) in [5.74, 6) is -0.230. The normalized spacial score (nSPS) is 18.6. The van der Waals surface area contributed by atoms with Crippen molar-refractivity contribution in [1.29, 1.82) is 0 Å². The van der Waals surface area contributed by atoms with E-state index in [9.17, 15) is 8.78 Å². The lowest BCUT2D eigenvalue weighted by atomic mass is 9.79. The third-order valence-corrected chi connectivity index (χ3v) is 5.31. The van der Waals surface area contributed by atoms with Crippen LogP contribution in [-0.4, -0.2) is 25.4 Å². The molecule has 3 nitrogen and oxygen atoms in total. The molecule has 144 valence electrons. The van der Waals surface area contributed by atoms with E-state index in [-0.39, 0.29) is 11.2 Å². The number of fused-ring (bicyclic) bond motifs is 1. The number of aliphatic imine (C=N–C) groups is 1. The maximum Gasteiger partial charge on any atom is 0.151 e. The molecular formula is C22H26F2N2O. The molecule has 1 unspecified atom stereocenters. The van der Waals surface area contributed by atoms with Crippen LogP contribution in [0.5, 0.6) is 5.75 Å². The summed E-state index contributed by atoms with van der Waals surface area (Å²) in [7, 11) is 1.62. The van der Waals surface area contributed by atoms with Gasteiger partial charge < -0.3 is 9.64 Å². The number of rotatable bonds is 4. The van der Waals surface area contributed by atoms with E-state index in [1.165, 1.54) is 23.4 Å². The SMILES string of the molecule is CCN1c2cc(OC)c(C=Nc3ccc(F)cc3F)cc2C(C)CC1(C)C. The van der Waals surface area contributed by atoms with Crippen molar-refractivity contribution in [2.75, 3.05) is 18.6 Å². The number of nitrogens with zero attached hydrogens (tertiary/aromatic N) is 2. The number of hydrogen-bond acceptors (Lipinski definition) is 3. The lowest BCUT2D eigenvalue weighted by Crippen LogP contribution is -2.48. The first-order chi connectivity index (χ1) is 12.8. The van der Waals surface area contributed by atoms with Gasteiger partial charge in [0.15, 0.2) is 5.82 Å². The summed E-state index contributed by atoms with van der Waals surface area (Å²) >= 11 is 0. The van der Waals surface area contributed by atoms with E-state index in [1.807, 2.05) is 6.07 Å². The molecule has 1 heterocycles. The molecule has 0 radical (unpaired) electrons. The summed E-state index contributed by atoms with van der Waals surface area (Å²) < 4.78 is 32.5. The number of benzene rings is 2. The van der Waals surface area contributed by atoms with Gasteiger partial charge in [0.25, 0.3) is 0 Å². The minimum absolute atomic E-state index is 0.0685. The highest BCUT2D eigenvalue weighted by atomic mass is 19.1. The second-order valence-electron chi connectivity index (χ2n) is 7.67. The first kappa shape index (κ1) is 19.3. The van der Waals surface area contributed by atoms with Crippen molar-refractivity contribution in [2.45, 2.75) is 45.6 Å². The predicted octanol–water partition coefficient (Wildman–Crippen LogP) is 5.84. The van der Waals surface area contributed by atoms with Gasteiger partial charge in [-0.2, -0.15) is 0 Å². The fraction of sp³-hybridized carbons (Fsp3) is 0.409. The Morgan fingerprint density at radius 3 is 2.63 bits per heavy atom. The molecule has 2 aromatic rings. The van der Waals surface area contributed by atoms with Gasteiger partial charge in [-0.25, -0.2) is 8.78 Å². The number of anilines is 1. The molecule has 0 aromatic heterocycles. The van der Waals surface area contributed by atoms with Gasteiger partial charge in [0.1, 0.15) is 11.6 Å². The third kappa shape index (κ3) is 3.68. The monoisotopic (exact) mass is 372 g/mol. The van der Waals surface area contributed by atoms with Crippen molar-refractivity contribution in [2.24, 2.45) is 4.99 Å². The first-order valence-electron chi connectivity index (χ1n) is 9.25. The second kappa shape index (κ2) is 7.29. The van der Waals surface area contributed by atoms with Gasteiger partial charge in [0.2, 0.25) is 0 Å². The van der Waals surface area contributed by atoms with Gasteiger partial charge in [-0.1, -0.05) is 6.92 Å². The largest absolute Gasteiger partial charge is 0.496 e. The Kier molecular flexibility index (Phi) is 5.22. The van der Waals surface area contributed by atoms with Crippen LogP contribution in [-0.2, 0) is 0 Å². The molecule has 27 heavy (non-hydrogen) atoms. The lowest BCUT2D eigenvalue weighted by Gasteiger charge is -2.47. The minimum Gasteiger partial charge on any atom is -0.496 e. The Morgan fingerprint density at radius 2 is 2.00 bits per heavy atom. The van der Waals surface area contributed by atoms with E-state index in [0.29, 0.717) is 11.7 Å². The van der Waals surface area contributed by atoms with Crippen LogP contribution in [0, 0.1) is 11.6 Å². The number of hydrogen-bond donors (Lipinski definition) is 0. The minimum atomic E-state index is -0.685.